The molecule has 2 aromatic carbocycles. The number of amides is 1. The molecule has 102 valence electrons. The van der Waals surface area contributed by atoms with Crippen molar-refractivity contribution in [3.05, 3.63) is 54.6 Å². The highest BCUT2D eigenvalue weighted by molar-refractivity contribution is 5.95. The summed E-state index contributed by atoms with van der Waals surface area (Å²) in [6.45, 7) is 0. The van der Waals surface area contributed by atoms with Gasteiger partial charge in [-0.1, -0.05) is 30.3 Å². The summed E-state index contributed by atoms with van der Waals surface area (Å²) >= 11 is 0. The summed E-state index contributed by atoms with van der Waals surface area (Å²) in [5, 5.41) is 12.1. The van der Waals surface area contributed by atoms with Gasteiger partial charge < -0.3 is 9.73 Å². The van der Waals surface area contributed by atoms with E-state index in [1.165, 1.54) is 0 Å². The van der Waals surface area contributed by atoms with Crippen LogP contribution in [0.2, 0.25) is 0 Å². The van der Waals surface area contributed by atoms with Gasteiger partial charge in [-0.15, -0.1) is 0 Å². The first-order valence-electron chi connectivity index (χ1n) is 6.52. The van der Waals surface area contributed by atoms with Crippen molar-refractivity contribution >= 4 is 22.6 Å². The molecular formula is C17H12N2O2. The lowest BCUT2D eigenvalue weighted by atomic mass is 10.1. The van der Waals surface area contributed by atoms with Crippen molar-refractivity contribution in [2.75, 3.05) is 5.32 Å². The zero-order chi connectivity index (χ0) is 14.7. The van der Waals surface area contributed by atoms with E-state index in [0.717, 1.165) is 22.3 Å². The number of fused-ring (bicyclic) bond motifs is 1. The fraction of sp³-hybridized carbons (Fsp3) is 0.0588. The number of nitrogens with one attached hydrogen (secondary N) is 1. The van der Waals surface area contributed by atoms with Gasteiger partial charge >= 0.3 is 0 Å². The number of benzene rings is 2. The number of anilines is 1. The molecule has 0 saturated carbocycles. The lowest BCUT2D eigenvalue weighted by Gasteiger charge is -2.01. The fourth-order valence-electron chi connectivity index (χ4n) is 2.14. The second-order valence-corrected chi connectivity index (χ2v) is 4.61. The van der Waals surface area contributed by atoms with Crippen LogP contribution in [0.1, 0.15) is 6.42 Å². The molecule has 0 aliphatic rings. The lowest BCUT2D eigenvalue weighted by molar-refractivity contribution is -0.115. The second-order valence-electron chi connectivity index (χ2n) is 4.61. The molecule has 0 atom stereocenters. The maximum absolute atomic E-state index is 11.4. The SMILES string of the molecule is N#CCC(=O)Nc1ccc2oc(-c3ccccc3)cc2c1. The summed E-state index contributed by atoms with van der Waals surface area (Å²) in [5.74, 6) is 0.467. The van der Waals surface area contributed by atoms with Gasteiger partial charge in [-0.25, -0.2) is 0 Å². The molecule has 21 heavy (non-hydrogen) atoms. The van der Waals surface area contributed by atoms with Crippen LogP contribution in [0.25, 0.3) is 22.3 Å². The Labute approximate surface area is 121 Å². The third-order valence-electron chi connectivity index (χ3n) is 3.10. The van der Waals surface area contributed by atoms with Crippen LogP contribution in [-0.2, 0) is 4.79 Å². The van der Waals surface area contributed by atoms with E-state index in [4.69, 9.17) is 9.68 Å². The zero-order valence-corrected chi connectivity index (χ0v) is 11.2. The predicted octanol–water partition coefficient (Wildman–Crippen LogP) is 3.95. The molecule has 1 N–H and O–H groups in total. The van der Waals surface area contributed by atoms with Gasteiger partial charge in [0.25, 0.3) is 0 Å². The third-order valence-corrected chi connectivity index (χ3v) is 3.10. The maximum Gasteiger partial charge on any atom is 0.238 e. The van der Waals surface area contributed by atoms with Crippen LogP contribution in [0.4, 0.5) is 5.69 Å². The van der Waals surface area contributed by atoms with Crippen molar-refractivity contribution in [1.29, 1.82) is 5.26 Å². The Balaban J connectivity index is 1.92. The summed E-state index contributed by atoms with van der Waals surface area (Å²) in [6, 6.07) is 19.0. The van der Waals surface area contributed by atoms with Crippen LogP contribution >= 0.6 is 0 Å². The molecule has 4 nitrogen and oxygen atoms in total. The van der Waals surface area contributed by atoms with Crippen molar-refractivity contribution in [2.45, 2.75) is 6.42 Å². The Morgan fingerprint density at radius 1 is 1.14 bits per heavy atom. The topological polar surface area (TPSA) is 66.0 Å². The van der Waals surface area contributed by atoms with E-state index < -0.39 is 0 Å². The van der Waals surface area contributed by atoms with Gasteiger partial charge in [-0.3, -0.25) is 4.79 Å². The lowest BCUT2D eigenvalue weighted by Crippen LogP contribution is -2.09. The monoisotopic (exact) mass is 276 g/mol. The predicted molar refractivity (Wildman–Crippen MR) is 80.5 cm³/mol. The number of hydrogen-bond acceptors (Lipinski definition) is 3. The molecule has 3 rings (SSSR count). The first-order chi connectivity index (χ1) is 10.3. The molecule has 0 fully saturated rings. The van der Waals surface area contributed by atoms with Crippen LogP contribution in [0, 0.1) is 11.3 Å². The summed E-state index contributed by atoms with van der Waals surface area (Å²) in [5.41, 5.74) is 2.42. The summed E-state index contributed by atoms with van der Waals surface area (Å²) in [7, 11) is 0. The van der Waals surface area contributed by atoms with E-state index in [-0.39, 0.29) is 12.3 Å². The first kappa shape index (κ1) is 12.9. The number of furan rings is 1. The molecule has 4 heteroatoms. The average molecular weight is 276 g/mol. The third kappa shape index (κ3) is 2.77. The van der Waals surface area contributed by atoms with Crippen LogP contribution in [0.3, 0.4) is 0 Å². The molecule has 0 saturated heterocycles. The van der Waals surface area contributed by atoms with E-state index in [0.29, 0.717) is 5.69 Å². The molecule has 0 aliphatic heterocycles. The number of hydrogen-bond donors (Lipinski definition) is 1. The minimum Gasteiger partial charge on any atom is -0.456 e. The molecule has 1 amide bonds. The Morgan fingerprint density at radius 3 is 2.71 bits per heavy atom. The molecular weight excluding hydrogens is 264 g/mol. The van der Waals surface area contributed by atoms with Gasteiger partial charge in [-0.05, 0) is 24.3 Å². The van der Waals surface area contributed by atoms with Gasteiger partial charge in [0.2, 0.25) is 5.91 Å². The van der Waals surface area contributed by atoms with Gasteiger partial charge in [-0.2, -0.15) is 5.26 Å². The van der Waals surface area contributed by atoms with Crippen LogP contribution in [0.15, 0.2) is 59.0 Å². The van der Waals surface area contributed by atoms with E-state index in [9.17, 15) is 4.79 Å². The number of nitrogens with zero attached hydrogens (tertiary/aromatic N) is 1. The Hall–Kier alpha value is -3.06. The Bertz CT molecular complexity index is 829. The number of rotatable bonds is 3. The van der Waals surface area contributed by atoms with Crippen molar-refractivity contribution in [3.8, 4) is 17.4 Å². The second kappa shape index (κ2) is 5.51. The first-order valence-corrected chi connectivity index (χ1v) is 6.52. The van der Waals surface area contributed by atoms with Crippen molar-refractivity contribution < 1.29 is 9.21 Å². The van der Waals surface area contributed by atoms with Gasteiger partial charge in [0.15, 0.2) is 0 Å². The average Bonchev–Trinajstić information content (AvgIpc) is 2.91. The molecule has 3 aromatic rings. The molecule has 0 spiro atoms. The number of carbonyl (C=O) groups excluding carboxylic acids is 1. The molecule has 1 aromatic heterocycles. The fourth-order valence-corrected chi connectivity index (χ4v) is 2.14. The summed E-state index contributed by atoms with van der Waals surface area (Å²) < 4.78 is 5.80. The Morgan fingerprint density at radius 2 is 1.95 bits per heavy atom. The van der Waals surface area contributed by atoms with Crippen molar-refractivity contribution in [1.82, 2.24) is 0 Å². The number of nitriles is 1. The van der Waals surface area contributed by atoms with Crippen LogP contribution in [-0.4, -0.2) is 5.91 Å². The zero-order valence-electron chi connectivity index (χ0n) is 11.2. The summed E-state index contributed by atoms with van der Waals surface area (Å²) in [4.78, 5) is 11.4. The quantitative estimate of drug-likeness (QED) is 0.787. The van der Waals surface area contributed by atoms with E-state index in [1.54, 1.807) is 6.07 Å². The van der Waals surface area contributed by atoms with Gasteiger partial charge in [0.1, 0.15) is 17.8 Å². The molecule has 1 heterocycles. The maximum atomic E-state index is 11.4. The van der Waals surface area contributed by atoms with Gasteiger partial charge in [0.05, 0.1) is 6.07 Å². The van der Waals surface area contributed by atoms with Gasteiger partial charge in [0, 0.05) is 16.6 Å². The highest BCUT2D eigenvalue weighted by atomic mass is 16.3. The van der Waals surface area contributed by atoms with Crippen LogP contribution < -0.4 is 5.32 Å². The summed E-state index contributed by atoms with van der Waals surface area (Å²) in [6.07, 6.45) is -0.154. The normalized spacial score (nSPS) is 10.2. The molecule has 0 aliphatic carbocycles. The van der Waals surface area contributed by atoms with Crippen molar-refractivity contribution in [3.63, 3.8) is 0 Å². The Kier molecular flexibility index (Phi) is 3.40. The highest BCUT2D eigenvalue weighted by Gasteiger charge is 2.08. The minimum absolute atomic E-state index is 0.154. The molecule has 0 radical (unpaired) electrons. The van der Waals surface area contributed by atoms with E-state index in [2.05, 4.69) is 5.32 Å². The minimum atomic E-state index is -0.316. The highest BCUT2D eigenvalue weighted by Crippen LogP contribution is 2.29. The molecule has 0 unspecified atom stereocenters. The largest absolute Gasteiger partial charge is 0.456 e. The van der Waals surface area contributed by atoms with E-state index >= 15 is 0 Å². The smallest absolute Gasteiger partial charge is 0.238 e. The van der Waals surface area contributed by atoms with E-state index in [1.807, 2.05) is 54.6 Å². The molecule has 0 bridgehead atoms. The van der Waals surface area contributed by atoms with Crippen molar-refractivity contribution in [2.24, 2.45) is 0 Å². The number of carbonyl (C=O) groups is 1. The standard InChI is InChI=1S/C17H12N2O2/c18-9-8-17(20)19-14-6-7-15-13(10-14)11-16(21-15)12-4-2-1-3-5-12/h1-7,10-11H,8H2,(H,19,20). The van der Waals surface area contributed by atoms with Crippen LogP contribution in [0.5, 0.6) is 0 Å².